The summed E-state index contributed by atoms with van der Waals surface area (Å²) in [5, 5.41) is 82.0. The topological polar surface area (TPSA) is 225 Å². The Bertz CT molecular complexity index is 1300. The van der Waals surface area contributed by atoms with Crippen molar-refractivity contribution < 1.29 is 69.3 Å². The van der Waals surface area contributed by atoms with Crippen LogP contribution in [0.15, 0.2) is 30.3 Å². The van der Waals surface area contributed by atoms with Gasteiger partial charge >= 0.3 is 0 Å². The van der Waals surface area contributed by atoms with Gasteiger partial charge in [0.2, 0.25) is 6.29 Å². The molecule has 14 nitrogen and oxygen atoms in total. The molecule has 0 aromatic heterocycles. The molecule has 14 heteroatoms. The number of aromatic hydroxyl groups is 3. The standard InChI is InChI=1S/C28H34O14/c1-10-11(2)39-27(25(36)22(10)33)38-9-20-23(34)24(35)26(37)28(42-20)40-13-6-16(31)21-17(32)8-18(41-19(21)7-13)12-3-4-14(29)15(30)5-12/h3-7,10-11,18,20,22-31,33-37H,8-9H2,1-2H3/t10-,11-,18?,20+,22+,23+,24-,25+,26+,27+,28+/m0/s1. The zero-order valence-corrected chi connectivity index (χ0v) is 22.7. The van der Waals surface area contributed by atoms with Crippen molar-refractivity contribution in [2.24, 2.45) is 5.92 Å². The molecular weight excluding hydrogens is 560 g/mol. The molecule has 1 unspecified atom stereocenters. The molecule has 2 saturated heterocycles. The van der Waals surface area contributed by atoms with Gasteiger partial charge in [-0.25, -0.2) is 0 Å². The van der Waals surface area contributed by atoms with Crippen molar-refractivity contribution in [3.63, 3.8) is 0 Å². The summed E-state index contributed by atoms with van der Waals surface area (Å²) < 4.78 is 28.4. The predicted molar refractivity (Wildman–Crippen MR) is 139 cm³/mol. The lowest BCUT2D eigenvalue weighted by Gasteiger charge is -2.42. The minimum absolute atomic E-state index is 0.0603. The molecule has 5 rings (SSSR count). The third-order valence-electron chi connectivity index (χ3n) is 7.95. The van der Waals surface area contributed by atoms with Crippen molar-refractivity contribution in [2.45, 2.75) is 81.7 Å². The number of phenols is 3. The van der Waals surface area contributed by atoms with E-state index >= 15 is 0 Å². The number of ether oxygens (including phenoxy) is 5. The van der Waals surface area contributed by atoms with Crippen molar-refractivity contribution in [3.8, 4) is 28.7 Å². The van der Waals surface area contributed by atoms with Crippen LogP contribution >= 0.6 is 0 Å². The van der Waals surface area contributed by atoms with Crippen molar-refractivity contribution in [2.75, 3.05) is 6.61 Å². The Morgan fingerprint density at radius 1 is 0.810 bits per heavy atom. The van der Waals surface area contributed by atoms with E-state index in [0.29, 0.717) is 5.56 Å². The smallest absolute Gasteiger partial charge is 0.229 e. The number of fused-ring (bicyclic) bond motifs is 1. The average Bonchev–Trinajstić information content (AvgIpc) is 2.95. The number of rotatable bonds is 6. The molecule has 0 amide bonds. The molecule has 11 atom stereocenters. The van der Waals surface area contributed by atoms with Crippen LogP contribution in [0.2, 0.25) is 0 Å². The number of phenolic OH excluding ortho intramolecular Hbond substituents is 3. The molecule has 230 valence electrons. The first-order valence-corrected chi connectivity index (χ1v) is 13.4. The van der Waals surface area contributed by atoms with Gasteiger partial charge in [0.25, 0.3) is 0 Å². The molecule has 0 bridgehead atoms. The lowest BCUT2D eigenvalue weighted by Crippen LogP contribution is -2.61. The fourth-order valence-electron chi connectivity index (χ4n) is 5.19. The van der Waals surface area contributed by atoms with Gasteiger partial charge in [-0.1, -0.05) is 13.0 Å². The second-order valence-corrected chi connectivity index (χ2v) is 10.8. The Balaban J connectivity index is 1.30. The zero-order chi connectivity index (χ0) is 30.5. The maximum Gasteiger partial charge on any atom is 0.229 e. The van der Waals surface area contributed by atoms with E-state index in [2.05, 4.69) is 0 Å². The average molecular weight is 595 g/mol. The molecule has 2 aromatic rings. The first kappa shape index (κ1) is 30.3. The van der Waals surface area contributed by atoms with Gasteiger partial charge in [-0.3, -0.25) is 4.79 Å². The highest BCUT2D eigenvalue weighted by atomic mass is 16.7. The maximum absolute atomic E-state index is 12.8. The second kappa shape index (κ2) is 11.8. The van der Waals surface area contributed by atoms with Gasteiger partial charge in [-0.05, 0) is 24.6 Å². The summed E-state index contributed by atoms with van der Waals surface area (Å²) in [6.45, 7) is 2.99. The van der Waals surface area contributed by atoms with E-state index in [0.717, 1.165) is 6.07 Å². The Morgan fingerprint density at radius 2 is 1.52 bits per heavy atom. The summed E-state index contributed by atoms with van der Waals surface area (Å²) in [6, 6.07) is 6.34. The van der Waals surface area contributed by atoms with Crippen LogP contribution in [0.4, 0.5) is 0 Å². The monoisotopic (exact) mass is 594 g/mol. The number of benzene rings is 2. The third-order valence-corrected chi connectivity index (χ3v) is 7.95. The Kier molecular flexibility index (Phi) is 8.51. The molecule has 0 aliphatic carbocycles. The molecule has 3 aliphatic heterocycles. The molecule has 2 aromatic carbocycles. The molecule has 2 fully saturated rings. The van der Waals surface area contributed by atoms with Crippen molar-refractivity contribution in [1.82, 2.24) is 0 Å². The van der Waals surface area contributed by atoms with Gasteiger partial charge in [-0.15, -0.1) is 0 Å². The first-order valence-electron chi connectivity index (χ1n) is 13.4. The predicted octanol–water partition coefficient (Wildman–Crippen LogP) is -0.184. The van der Waals surface area contributed by atoms with E-state index < -0.39 is 85.3 Å². The summed E-state index contributed by atoms with van der Waals surface area (Å²) in [6.07, 6.45) is -13.2. The Hall–Kier alpha value is -3.21. The van der Waals surface area contributed by atoms with Crippen molar-refractivity contribution in [1.29, 1.82) is 0 Å². The van der Waals surface area contributed by atoms with E-state index in [9.17, 15) is 45.6 Å². The highest BCUT2D eigenvalue weighted by Crippen LogP contribution is 2.43. The van der Waals surface area contributed by atoms with Crippen LogP contribution in [0.5, 0.6) is 28.7 Å². The molecule has 8 N–H and O–H groups in total. The van der Waals surface area contributed by atoms with Crippen LogP contribution < -0.4 is 9.47 Å². The normalized spacial score (nSPS) is 36.6. The van der Waals surface area contributed by atoms with Gasteiger partial charge in [-0.2, -0.15) is 0 Å². The molecule has 42 heavy (non-hydrogen) atoms. The van der Waals surface area contributed by atoms with Gasteiger partial charge in [0, 0.05) is 18.1 Å². The fraction of sp³-hybridized carbons (Fsp3) is 0.536. The molecule has 3 heterocycles. The number of aliphatic hydroxyl groups excluding tert-OH is 5. The number of carbonyl (C=O) groups excluding carboxylic acids is 1. The second-order valence-electron chi connectivity index (χ2n) is 10.8. The van der Waals surface area contributed by atoms with Gasteiger partial charge in [0.05, 0.1) is 25.2 Å². The summed E-state index contributed by atoms with van der Waals surface area (Å²) in [4.78, 5) is 12.8. The summed E-state index contributed by atoms with van der Waals surface area (Å²) in [5.41, 5.74) is 0.287. The minimum atomic E-state index is -1.75. The number of carbonyl (C=O) groups is 1. The molecule has 0 saturated carbocycles. The van der Waals surface area contributed by atoms with Crippen LogP contribution in [0.1, 0.15) is 42.3 Å². The van der Waals surface area contributed by atoms with E-state index in [1.165, 1.54) is 24.3 Å². The van der Waals surface area contributed by atoms with E-state index in [-0.39, 0.29) is 35.2 Å². The molecule has 0 radical (unpaired) electrons. The van der Waals surface area contributed by atoms with Gasteiger partial charge < -0.3 is 64.5 Å². The van der Waals surface area contributed by atoms with Crippen molar-refractivity contribution in [3.05, 3.63) is 41.5 Å². The molecule has 0 spiro atoms. The van der Waals surface area contributed by atoms with Crippen LogP contribution in [-0.2, 0) is 14.2 Å². The fourth-order valence-corrected chi connectivity index (χ4v) is 5.19. The third kappa shape index (κ3) is 5.72. The van der Waals surface area contributed by atoms with Crippen LogP contribution in [0.25, 0.3) is 0 Å². The summed E-state index contributed by atoms with van der Waals surface area (Å²) in [5.74, 6) is -2.21. The quantitative estimate of drug-likeness (QED) is 0.203. The number of aliphatic hydroxyl groups is 5. The van der Waals surface area contributed by atoms with E-state index in [1.807, 2.05) is 0 Å². The SMILES string of the molecule is C[C@@H]1[C@@H](O)[C@@H](O)[C@H](OC[C@H]2O[C@@H](Oc3cc(O)c4c(c3)OC(c3ccc(O)c(O)c3)CC4=O)[C@H](O)[C@@H](O)[C@@H]2O)O[C@H]1C. The maximum atomic E-state index is 12.8. The molecule has 3 aliphatic rings. The van der Waals surface area contributed by atoms with Gasteiger partial charge in [0.1, 0.15) is 59.4 Å². The van der Waals surface area contributed by atoms with Crippen LogP contribution in [0.3, 0.4) is 0 Å². The number of ketones is 1. The molecular formula is C28H34O14. The Morgan fingerprint density at radius 3 is 2.24 bits per heavy atom. The lowest BCUT2D eigenvalue weighted by molar-refractivity contribution is -0.312. The van der Waals surface area contributed by atoms with E-state index in [4.69, 9.17) is 23.7 Å². The highest BCUT2D eigenvalue weighted by Gasteiger charge is 2.47. The first-order chi connectivity index (χ1) is 19.8. The Labute approximate surface area is 239 Å². The lowest BCUT2D eigenvalue weighted by atomic mass is 9.92. The minimum Gasteiger partial charge on any atom is -0.507 e. The number of Topliss-reactive ketones (excluding diaryl/α,β-unsaturated/α-hetero) is 1. The highest BCUT2D eigenvalue weighted by molar-refractivity contribution is 6.02. The zero-order valence-electron chi connectivity index (χ0n) is 22.7. The number of hydrogen-bond donors (Lipinski definition) is 8. The van der Waals surface area contributed by atoms with Crippen molar-refractivity contribution >= 4 is 5.78 Å². The van der Waals surface area contributed by atoms with E-state index in [1.54, 1.807) is 13.8 Å². The van der Waals surface area contributed by atoms with Gasteiger partial charge in [0.15, 0.2) is 23.6 Å². The van der Waals surface area contributed by atoms with Crippen LogP contribution in [-0.4, -0.2) is 109 Å². The summed E-state index contributed by atoms with van der Waals surface area (Å²) >= 11 is 0. The van der Waals surface area contributed by atoms with Crippen LogP contribution in [0, 0.1) is 5.92 Å². The number of hydrogen-bond acceptors (Lipinski definition) is 14. The largest absolute Gasteiger partial charge is 0.507 e. The summed E-state index contributed by atoms with van der Waals surface area (Å²) in [7, 11) is 0.